The van der Waals surface area contributed by atoms with Crippen molar-refractivity contribution in [3.05, 3.63) is 29.6 Å². The number of hydrogen-bond acceptors (Lipinski definition) is 1. The summed E-state index contributed by atoms with van der Waals surface area (Å²) in [6.07, 6.45) is 8.50. The van der Waals surface area contributed by atoms with Crippen molar-refractivity contribution in [2.45, 2.75) is 51.4 Å². The van der Waals surface area contributed by atoms with Crippen LogP contribution in [0, 0.1) is 23.7 Å². The summed E-state index contributed by atoms with van der Waals surface area (Å²) in [6, 6.07) is 6.72. The van der Waals surface area contributed by atoms with Gasteiger partial charge in [-0.3, -0.25) is 0 Å². The fraction of sp³-hybridized carbons (Fsp3) is 0.632. The predicted molar refractivity (Wildman–Crippen MR) is 85.3 cm³/mol. The van der Waals surface area contributed by atoms with Gasteiger partial charge in [0.05, 0.1) is 11.0 Å². The first-order valence-electron chi connectivity index (χ1n) is 8.78. The minimum atomic E-state index is 0.718. The van der Waals surface area contributed by atoms with Gasteiger partial charge in [-0.15, -0.1) is 0 Å². The summed E-state index contributed by atoms with van der Waals surface area (Å²) in [5, 5.41) is 0. The number of nitrogens with zero attached hydrogens (tertiary/aromatic N) is 1. The van der Waals surface area contributed by atoms with Gasteiger partial charge < -0.3 is 4.98 Å². The number of fused-ring (bicyclic) bond motifs is 1. The molecule has 0 spiro atoms. The minimum absolute atomic E-state index is 0.718. The maximum atomic E-state index is 4.98. The molecule has 0 unspecified atom stereocenters. The average Bonchev–Trinajstić information content (AvgIpc) is 2.88. The molecule has 4 fully saturated rings. The van der Waals surface area contributed by atoms with Crippen LogP contribution in [-0.2, 0) is 6.42 Å². The van der Waals surface area contributed by atoms with E-state index in [0.29, 0.717) is 0 Å². The van der Waals surface area contributed by atoms with E-state index in [1.165, 1.54) is 49.0 Å². The number of rotatable bonds is 2. The third-order valence-corrected chi connectivity index (χ3v) is 6.52. The van der Waals surface area contributed by atoms with Crippen molar-refractivity contribution in [3.8, 4) is 0 Å². The molecule has 4 saturated carbocycles. The quantitative estimate of drug-likeness (QED) is 0.851. The summed E-state index contributed by atoms with van der Waals surface area (Å²) in [4.78, 5) is 8.67. The monoisotopic (exact) mass is 280 g/mol. The Hall–Kier alpha value is -1.31. The normalized spacial score (nSPS) is 37.5. The van der Waals surface area contributed by atoms with Crippen molar-refractivity contribution in [1.82, 2.24) is 9.97 Å². The largest absolute Gasteiger partial charge is 0.342 e. The van der Waals surface area contributed by atoms with Gasteiger partial charge in [0.25, 0.3) is 0 Å². The molecule has 1 aromatic carbocycles. The highest BCUT2D eigenvalue weighted by Crippen LogP contribution is 2.59. The summed E-state index contributed by atoms with van der Waals surface area (Å²) in [7, 11) is 0. The zero-order valence-corrected chi connectivity index (χ0v) is 12.8. The zero-order valence-electron chi connectivity index (χ0n) is 12.8. The first-order chi connectivity index (χ1) is 10.3. The first-order valence-corrected chi connectivity index (χ1v) is 8.78. The van der Waals surface area contributed by atoms with Crippen LogP contribution in [0.15, 0.2) is 18.2 Å². The summed E-state index contributed by atoms with van der Waals surface area (Å²) < 4.78 is 0. The van der Waals surface area contributed by atoms with Crippen LogP contribution in [0.4, 0.5) is 0 Å². The molecule has 110 valence electrons. The van der Waals surface area contributed by atoms with E-state index in [1.54, 1.807) is 0 Å². The van der Waals surface area contributed by atoms with Crippen LogP contribution in [0.1, 0.15) is 56.3 Å². The molecule has 2 nitrogen and oxygen atoms in total. The van der Waals surface area contributed by atoms with Gasteiger partial charge >= 0.3 is 0 Å². The Kier molecular flexibility index (Phi) is 2.54. The van der Waals surface area contributed by atoms with Crippen LogP contribution in [0.25, 0.3) is 11.0 Å². The number of nitrogens with one attached hydrogen (secondary N) is 1. The van der Waals surface area contributed by atoms with Gasteiger partial charge in [0.2, 0.25) is 0 Å². The van der Waals surface area contributed by atoms with E-state index in [0.717, 1.165) is 41.5 Å². The minimum Gasteiger partial charge on any atom is -0.342 e. The highest BCUT2D eigenvalue weighted by atomic mass is 14.9. The Balaban J connectivity index is 1.55. The van der Waals surface area contributed by atoms with Crippen molar-refractivity contribution in [2.24, 2.45) is 23.7 Å². The van der Waals surface area contributed by atoms with Crippen LogP contribution >= 0.6 is 0 Å². The van der Waals surface area contributed by atoms with Gasteiger partial charge in [-0.2, -0.15) is 0 Å². The molecule has 2 heteroatoms. The smallest absolute Gasteiger partial charge is 0.110 e. The number of benzene rings is 1. The summed E-state index contributed by atoms with van der Waals surface area (Å²) in [5.74, 6) is 5.92. The Morgan fingerprint density at radius 1 is 1.05 bits per heavy atom. The number of H-pyrrole nitrogens is 1. The van der Waals surface area contributed by atoms with Crippen molar-refractivity contribution in [1.29, 1.82) is 0 Å². The van der Waals surface area contributed by atoms with E-state index in [2.05, 4.69) is 30.1 Å². The van der Waals surface area contributed by atoms with Gasteiger partial charge in [0.1, 0.15) is 5.82 Å². The van der Waals surface area contributed by atoms with Gasteiger partial charge in [-0.05, 0) is 79.9 Å². The lowest BCUT2D eigenvalue weighted by Crippen LogP contribution is -2.44. The summed E-state index contributed by atoms with van der Waals surface area (Å²) in [5.41, 5.74) is 3.82. The van der Waals surface area contributed by atoms with Crippen LogP contribution in [0.5, 0.6) is 0 Å². The number of aromatic nitrogens is 2. The van der Waals surface area contributed by atoms with E-state index < -0.39 is 0 Å². The first kappa shape index (κ1) is 12.3. The van der Waals surface area contributed by atoms with Crippen LogP contribution < -0.4 is 0 Å². The van der Waals surface area contributed by atoms with E-state index in [4.69, 9.17) is 4.98 Å². The van der Waals surface area contributed by atoms with Crippen molar-refractivity contribution < 1.29 is 0 Å². The molecular weight excluding hydrogens is 256 g/mol. The van der Waals surface area contributed by atoms with Crippen LogP contribution in [0.3, 0.4) is 0 Å². The molecule has 1 aromatic heterocycles. The third-order valence-electron chi connectivity index (χ3n) is 6.52. The zero-order chi connectivity index (χ0) is 14.0. The maximum absolute atomic E-state index is 4.98. The van der Waals surface area contributed by atoms with E-state index in [1.807, 2.05) is 0 Å². The Labute approximate surface area is 126 Å². The molecule has 4 bridgehead atoms. The lowest BCUT2D eigenvalue weighted by molar-refractivity contribution is -0.00528. The second-order valence-corrected chi connectivity index (χ2v) is 7.78. The number of aryl methyl sites for hydroxylation is 1. The van der Waals surface area contributed by atoms with E-state index in [9.17, 15) is 0 Å². The Morgan fingerprint density at radius 2 is 1.76 bits per heavy atom. The van der Waals surface area contributed by atoms with Crippen LogP contribution in [0.2, 0.25) is 0 Å². The van der Waals surface area contributed by atoms with Gasteiger partial charge in [0.15, 0.2) is 0 Å². The van der Waals surface area contributed by atoms with Gasteiger partial charge in [-0.1, -0.05) is 13.0 Å². The van der Waals surface area contributed by atoms with Crippen molar-refractivity contribution in [2.75, 3.05) is 0 Å². The molecule has 1 heterocycles. The molecule has 0 saturated heterocycles. The van der Waals surface area contributed by atoms with Gasteiger partial charge in [0, 0.05) is 5.92 Å². The Morgan fingerprint density at radius 3 is 2.43 bits per heavy atom. The number of aromatic amines is 1. The van der Waals surface area contributed by atoms with E-state index in [-0.39, 0.29) is 0 Å². The second kappa shape index (κ2) is 4.34. The molecular formula is C19H24N2. The second-order valence-electron chi connectivity index (χ2n) is 7.78. The molecule has 1 N–H and O–H groups in total. The lowest BCUT2D eigenvalue weighted by Gasteiger charge is -2.53. The van der Waals surface area contributed by atoms with Crippen molar-refractivity contribution >= 4 is 11.0 Å². The highest BCUT2D eigenvalue weighted by molar-refractivity contribution is 5.76. The SMILES string of the molecule is CCc1ccc2nc(C3C4CC5CC(C4)CC3C5)[nH]c2c1. The fourth-order valence-electron chi connectivity index (χ4n) is 5.83. The van der Waals surface area contributed by atoms with Gasteiger partial charge in [-0.25, -0.2) is 4.98 Å². The number of imidazole rings is 1. The molecule has 4 aliphatic rings. The van der Waals surface area contributed by atoms with E-state index >= 15 is 0 Å². The average molecular weight is 280 g/mol. The third kappa shape index (κ3) is 1.81. The molecule has 0 atom stereocenters. The maximum Gasteiger partial charge on any atom is 0.110 e. The molecule has 2 aromatic rings. The summed E-state index contributed by atoms with van der Waals surface area (Å²) in [6.45, 7) is 2.22. The van der Waals surface area contributed by atoms with Crippen molar-refractivity contribution in [3.63, 3.8) is 0 Å². The highest BCUT2D eigenvalue weighted by Gasteiger charge is 2.49. The summed E-state index contributed by atoms with van der Waals surface area (Å²) >= 11 is 0. The fourth-order valence-corrected chi connectivity index (χ4v) is 5.83. The molecule has 6 rings (SSSR count). The lowest BCUT2D eigenvalue weighted by atomic mass is 9.52. The standard InChI is InChI=1S/C19H24N2/c1-2-11-3-4-16-17(10-11)21-19(20-16)18-14-6-12-5-13(8-14)9-15(18)7-12/h3-4,10,12-15,18H,2,5-9H2,1H3,(H,20,21). The molecule has 0 aliphatic heterocycles. The molecule has 21 heavy (non-hydrogen) atoms. The Bertz CT molecular complexity index is 656. The number of hydrogen-bond donors (Lipinski definition) is 1. The topological polar surface area (TPSA) is 28.7 Å². The molecule has 0 amide bonds. The molecule has 0 radical (unpaired) electrons. The van der Waals surface area contributed by atoms with Crippen LogP contribution in [-0.4, -0.2) is 9.97 Å². The predicted octanol–water partition coefficient (Wildman–Crippen LogP) is 4.67. The molecule has 4 aliphatic carbocycles.